The zero-order chi connectivity index (χ0) is 38.1. The molecule has 4 aromatic rings. The lowest BCUT2D eigenvalue weighted by Gasteiger charge is -2.02. The molecule has 0 aliphatic carbocycles. The number of hydrogen-bond acceptors (Lipinski definition) is 6. The first-order valence-electron chi connectivity index (χ1n) is 21.8. The number of hydrogen-bond donors (Lipinski definition) is 0. The second-order valence-corrected chi connectivity index (χ2v) is 19.8. The van der Waals surface area contributed by atoms with Crippen LogP contribution in [0.4, 0.5) is 0 Å². The second-order valence-electron chi connectivity index (χ2n) is 15.3. The van der Waals surface area contributed by atoms with Gasteiger partial charge in [0.05, 0.1) is 26.7 Å². The van der Waals surface area contributed by atoms with Gasteiger partial charge in [-0.15, -0.1) is 45.3 Å². The highest BCUT2D eigenvalue weighted by Gasteiger charge is 2.17. The van der Waals surface area contributed by atoms with E-state index >= 15 is 0 Å². The molecule has 0 atom stereocenters. The molecule has 300 valence electrons. The average molecular weight is 809 g/mol. The van der Waals surface area contributed by atoms with Crippen LogP contribution in [0.3, 0.4) is 0 Å². The van der Waals surface area contributed by atoms with Gasteiger partial charge in [-0.3, -0.25) is 0 Å². The molecule has 0 unspecified atom stereocenters. The molecule has 0 N–H and O–H groups in total. The summed E-state index contributed by atoms with van der Waals surface area (Å²) >= 11 is 7.76. The Labute approximate surface area is 346 Å². The zero-order valence-electron chi connectivity index (χ0n) is 34.5. The Morgan fingerprint density at radius 3 is 1.04 bits per heavy atom. The summed E-state index contributed by atoms with van der Waals surface area (Å²) in [5.41, 5.74) is 2.72. The highest BCUT2D eigenvalue weighted by Crippen LogP contribution is 2.46. The van der Waals surface area contributed by atoms with Gasteiger partial charge in [0.2, 0.25) is 0 Å². The van der Waals surface area contributed by atoms with Crippen molar-refractivity contribution >= 4 is 66.9 Å². The minimum absolute atomic E-state index is 1.18. The van der Waals surface area contributed by atoms with Crippen LogP contribution >= 0.6 is 45.3 Å². The number of aryl methyl sites for hydroxylation is 2. The first-order chi connectivity index (χ1) is 26.7. The molecule has 54 heavy (non-hydrogen) atoms. The summed E-state index contributed by atoms with van der Waals surface area (Å²) in [5, 5.41) is 0. The Bertz CT molecular complexity index is 1450. The van der Waals surface area contributed by atoms with Crippen LogP contribution in [0.2, 0.25) is 0 Å². The molecule has 0 aliphatic heterocycles. The predicted octanol–water partition coefficient (Wildman–Crippen LogP) is 18.1. The summed E-state index contributed by atoms with van der Waals surface area (Å²) in [6, 6.07) is 9.78. The Morgan fingerprint density at radius 1 is 0.407 bits per heavy atom. The van der Waals surface area contributed by atoms with E-state index in [-0.39, 0.29) is 0 Å². The largest absolute Gasteiger partial charge is 0.504 e. The number of ether oxygens (including phenoxy) is 2. The highest BCUT2D eigenvalue weighted by atomic mass is 32.1. The van der Waals surface area contributed by atoms with Crippen LogP contribution < -0.4 is 0 Å². The van der Waals surface area contributed by atoms with Gasteiger partial charge in [0.25, 0.3) is 0 Å². The molecule has 2 nitrogen and oxygen atoms in total. The van der Waals surface area contributed by atoms with Crippen molar-refractivity contribution in [2.24, 2.45) is 0 Å². The predicted molar refractivity (Wildman–Crippen MR) is 248 cm³/mol. The number of rotatable bonds is 32. The SMILES string of the molecule is CCCCCCCCCCCCCCc1cc(-c2cc3sc(-c4cc(CCCCCCCCCCCCCC)sc4/C=C/OC)cc3s2)c(/C=C/OC)s1. The smallest absolute Gasteiger partial charge is 0.0838 e. The van der Waals surface area contributed by atoms with Crippen molar-refractivity contribution in [2.45, 2.75) is 181 Å². The molecule has 0 saturated carbocycles. The van der Waals surface area contributed by atoms with Crippen molar-refractivity contribution in [1.29, 1.82) is 0 Å². The van der Waals surface area contributed by atoms with Gasteiger partial charge in [-0.25, -0.2) is 0 Å². The van der Waals surface area contributed by atoms with Gasteiger partial charge in [-0.05, 0) is 62.1 Å². The number of thiophene rings is 4. The highest BCUT2D eigenvalue weighted by molar-refractivity contribution is 7.31. The van der Waals surface area contributed by atoms with E-state index in [9.17, 15) is 0 Å². The molecule has 0 radical (unpaired) electrons. The Morgan fingerprint density at radius 2 is 0.722 bits per heavy atom. The Balaban J connectivity index is 1.28. The first kappa shape index (κ1) is 44.8. The van der Waals surface area contributed by atoms with Crippen molar-refractivity contribution in [3.8, 4) is 20.9 Å². The molecule has 4 aromatic heterocycles. The minimum Gasteiger partial charge on any atom is -0.504 e. The fraction of sp³-hybridized carbons (Fsp3) is 0.625. The average Bonchev–Trinajstić information content (AvgIpc) is 3.96. The number of unbranched alkanes of at least 4 members (excludes halogenated alkanes) is 22. The van der Waals surface area contributed by atoms with E-state index in [4.69, 9.17) is 9.47 Å². The molecule has 0 bridgehead atoms. The summed E-state index contributed by atoms with van der Waals surface area (Å²) in [7, 11) is 3.48. The van der Waals surface area contributed by atoms with Gasteiger partial charge in [0.1, 0.15) is 0 Å². The van der Waals surface area contributed by atoms with E-state index in [2.05, 4.69) is 50.3 Å². The lowest BCUT2D eigenvalue weighted by molar-refractivity contribution is 0.341. The summed E-state index contributed by atoms with van der Waals surface area (Å²) in [6.45, 7) is 4.60. The van der Waals surface area contributed by atoms with Gasteiger partial charge in [0.15, 0.2) is 0 Å². The molecular formula is C48H72O2S4. The van der Waals surface area contributed by atoms with Gasteiger partial charge < -0.3 is 9.47 Å². The molecule has 0 saturated heterocycles. The standard InChI is InChI=1S/C48H72O2S4/c1-5-7-9-11-13-15-17-19-21-23-25-27-29-39-35-41(43(51-39)31-33-49-3)45-37-47-48(53-45)38-46(54-47)42-36-40(52-44(42)32-34-50-4)30-28-26-24-22-20-18-16-14-12-10-8-6-2/h31-38H,5-30H2,1-4H3/b33-31+,34-32+. The van der Waals surface area contributed by atoms with Crippen LogP contribution in [0.1, 0.15) is 187 Å². The minimum atomic E-state index is 1.18. The number of fused-ring (bicyclic) bond motifs is 1. The summed E-state index contributed by atoms with van der Waals surface area (Å²) in [5.74, 6) is 0. The van der Waals surface area contributed by atoms with Crippen LogP contribution in [0.15, 0.2) is 36.8 Å². The second kappa shape index (κ2) is 27.7. The van der Waals surface area contributed by atoms with Gasteiger partial charge in [0, 0.05) is 49.8 Å². The molecule has 0 amide bonds. The third kappa shape index (κ3) is 16.3. The van der Waals surface area contributed by atoms with Crippen LogP contribution in [0.5, 0.6) is 0 Å². The van der Waals surface area contributed by atoms with E-state index < -0.39 is 0 Å². The lowest BCUT2D eigenvalue weighted by Crippen LogP contribution is -1.84. The Kier molecular flexibility index (Phi) is 23.0. The zero-order valence-corrected chi connectivity index (χ0v) is 37.7. The third-order valence-corrected chi connectivity index (χ3v) is 15.3. The van der Waals surface area contributed by atoms with Crippen molar-refractivity contribution in [3.63, 3.8) is 0 Å². The van der Waals surface area contributed by atoms with E-state index in [0.717, 1.165) is 0 Å². The summed E-state index contributed by atoms with van der Waals surface area (Å²) < 4.78 is 13.5. The molecular weight excluding hydrogens is 737 g/mol. The maximum Gasteiger partial charge on any atom is 0.0838 e. The first-order valence-corrected chi connectivity index (χ1v) is 25.1. The molecule has 4 heterocycles. The third-order valence-electron chi connectivity index (χ3n) is 10.6. The van der Waals surface area contributed by atoms with E-state index in [1.165, 1.54) is 217 Å². The Hall–Kier alpha value is -1.86. The topological polar surface area (TPSA) is 18.5 Å². The van der Waals surface area contributed by atoms with Gasteiger partial charge in [-0.1, -0.05) is 155 Å². The summed E-state index contributed by atoms with van der Waals surface area (Å²) in [4.78, 5) is 8.36. The maximum atomic E-state index is 5.36. The van der Waals surface area contributed by atoms with E-state index in [0.29, 0.717) is 0 Å². The van der Waals surface area contributed by atoms with Gasteiger partial charge >= 0.3 is 0 Å². The van der Waals surface area contributed by atoms with Crippen LogP contribution in [0, 0.1) is 0 Å². The van der Waals surface area contributed by atoms with Crippen molar-refractivity contribution in [2.75, 3.05) is 14.2 Å². The van der Waals surface area contributed by atoms with E-state index in [1.807, 2.05) is 57.9 Å². The molecule has 0 spiro atoms. The van der Waals surface area contributed by atoms with Crippen molar-refractivity contribution in [3.05, 3.63) is 56.3 Å². The van der Waals surface area contributed by atoms with Crippen molar-refractivity contribution < 1.29 is 9.47 Å². The fourth-order valence-electron chi connectivity index (χ4n) is 7.44. The normalized spacial score (nSPS) is 12.0. The maximum absolute atomic E-state index is 5.36. The van der Waals surface area contributed by atoms with Gasteiger partial charge in [-0.2, -0.15) is 0 Å². The quantitative estimate of drug-likeness (QED) is 0.0361. The monoisotopic (exact) mass is 808 g/mol. The summed E-state index contributed by atoms with van der Waals surface area (Å²) in [6.07, 6.45) is 43.8. The molecule has 0 aliphatic rings. The van der Waals surface area contributed by atoms with Crippen molar-refractivity contribution in [1.82, 2.24) is 0 Å². The van der Waals surface area contributed by atoms with Crippen LogP contribution in [-0.4, -0.2) is 14.2 Å². The molecule has 6 heteroatoms. The molecule has 0 fully saturated rings. The molecule has 0 aromatic carbocycles. The van der Waals surface area contributed by atoms with E-state index in [1.54, 1.807) is 14.2 Å². The number of methoxy groups -OCH3 is 2. The van der Waals surface area contributed by atoms with Crippen LogP contribution in [0.25, 0.3) is 42.4 Å². The fourth-order valence-corrected chi connectivity index (χ4v) is 12.2. The molecule has 4 rings (SSSR count). The van der Waals surface area contributed by atoms with Crippen LogP contribution in [-0.2, 0) is 22.3 Å². The lowest BCUT2D eigenvalue weighted by atomic mass is 10.0.